The average molecular weight is 315 g/mol. The van der Waals surface area contributed by atoms with Crippen molar-refractivity contribution in [3.63, 3.8) is 0 Å². The van der Waals surface area contributed by atoms with Gasteiger partial charge in [0.1, 0.15) is 11.6 Å². The Bertz CT molecular complexity index is 696. The minimum Gasteiger partial charge on any atom is -0.496 e. The molecule has 0 bridgehead atoms. The van der Waals surface area contributed by atoms with Crippen LogP contribution in [0.3, 0.4) is 0 Å². The van der Waals surface area contributed by atoms with Crippen LogP contribution in [0.2, 0.25) is 0 Å². The van der Waals surface area contributed by atoms with Crippen molar-refractivity contribution in [1.29, 1.82) is 0 Å². The highest BCUT2D eigenvalue weighted by atomic mass is 19.1. The topological polar surface area (TPSA) is 58.6 Å². The van der Waals surface area contributed by atoms with Gasteiger partial charge in [0.25, 0.3) is 0 Å². The first kappa shape index (κ1) is 16.7. The SMILES string of the molecule is COc1ccc(NC(=O)C/C=C/c2ccc(F)cc2)cc1CO. The van der Waals surface area contributed by atoms with E-state index in [4.69, 9.17) is 4.74 Å². The number of halogens is 1. The van der Waals surface area contributed by atoms with E-state index in [-0.39, 0.29) is 24.8 Å². The molecule has 0 aliphatic rings. The standard InChI is InChI=1S/C18H18FNO3/c1-23-17-10-9-16(11-14(17)12-21)20-18(22)4-2-3-13-5-7-15(19)8-6-13/h2-3,5-11,21H,4,12H2,1H3,(H,20,22)/b3-2+. The Morgan fingerprint density at radius 2 is 2.00 bits per heavy atom. The Kier molecular flexibility index (Phi) is 5.88. The van der Waals surface area contributed by atoms with Gasteiger partial charge in [-0.25, -0.2) is 4.39 Å². The molecular formula is C18H18FNO3. The molecule has 5 heteroatoms. The van der Waals surface area contributed by atoms with Crippen molar-refractivity contribution in [2.45, 2.75) is 13.0 Å². The fourth-order valence-corrected chi connectivity index (χ4v) is 2.07. The van der Waals surface area contributed by atoms with Crippen LogP contribution < -0.4 is 10.1 Å². The Hall–Kier alpha value is -2.66. The number of carbonyl (C=O) groups excluding carboxylic acids is 1. The number of carbonyl (C=O) groups is 1. The van der Waals surface area contributed by atoms with E-state index in [9.17, 15) is 14.3 Å². The number of ether oxygens (including phenoxy) is 1. The summed E-state index contributed by atoms with van der Waals surface area (Å²) in [5.74, 6) is 0.0956. The monoisotopic (exact) mass is 315 g/mol. The molecule has 2 rings (SSSR count). The van der Waals surface area contributed by atoms with Crippen LogP contribution in [0.5, 0.6) is 5.75 Å². The van der Waals surface area contributed by atoms with Crippen molar-refractivity contribution in [3.8, 4) is 5.75 Å². The van der Waals surface area contributed by atoms with E-state index in [0.29, 0.717) is 17.0 Å². The first-order chi connectivity index (χ1) is 11.1. The number of methoxy groups -OCH3 is 1. The predicted octanol–water partition coefficient (Wildman–Crippen LogP) is 3.37. The van der Waals surface area contributed by atoms with Crippen molar-refractivity contribution >= 4 is 17.7 Å². The van der Waals surface area contributed by atoms with Gasteiger partial charge in [0.2, 0.25) is 5.91 Å². The van der Waals surface area contributed by atoms with Crippen LogP contribution in [0, 0.1) is 5.82 Å². The highest BCUT2D eigenvalue weighted by Crippen LogP contribution is 2.22. The molecule has 1 amide bonds. The third-order valence-electron chi connectivity index (χ3n) is 3.22. The van der Waals surface area contributed by atoms with E-state index < -0.39 is 0 Å². The minimum absolute atomic E-state index is 0.169. The molecule has 0 radical (unpaired) electrons. The van der Waals surface area contributed by atoms with Crippen molar-refractivity contribution in [1.82, 2.24) is 0 Å². The second-order valence-corrected chi connectivity index (χ2v) is 4.89. The Morgan fingerprint density at radius 3 is 2.65 bits per heavy atom. The number of amides is 1. The second kappa shape index (κ2) is 8.10. The number of benzene rings is 2. The zero-order valence-electron chi connectivity index (χ0n) is 12.8. The van der Waals surface area contributed by atoms with Crippen molar-refractivity contribution in [2.75, 3.05) is 12.4 Å². The Morgan fingerprint density at radius 1 is 1.26 bits per heavy atom. The number of aliphatic hydroxyl groups excluding tert-OH is 1. The number of hydrogen-bond donors (Lipinski definition) is 2. The molecule has 2 aromatic rings. The zero-order chi connectivity index (χ0) is 16.7. The third kappa shape index (κ3) is 4.93. The van der Waals surface area contributed by atoms with Gasteiger partial charge in [-0.15, -0.1) is 0 Å². The summed E-state index contributed by atoms with van der Waals surface area (Å²) < 4.78 is 17.9. The minimum atomic E-state index is -0.293. The van der Waals surface area contributed by atoms with Gasteiger partial charge in [-0.05, 0) is 35.9 Å². The fraction of sp³-hybridized carbons (Fsp3) is 0.167. The normalized spacial score (nSPS) is 10.7. The maximum absolute atomic E-state index is 12.8. The molecule has 0 aromatic heterocycles. The molecule has 0 atom stereocenters. The van der Waals surface area contributed by atoms with Crippen LogP contribution >= 0.6 is 0 Å². The van der Waals surface area contributed by atoms with Crippen LogP contribution in [0.25, 0.3) is 6.08 Å². The summed E-state index contributed by atoms with van der Waals surface area (Å²) in [5.41, 5.74) is 2.02. The number of rotatable bonds is 6. The lowest BCUT2D eigenvalue weighted by molar-refractivity contribution is -0.115. The summed E-state index contributed by atoms with van der Waals surface area (Å²) in [7, 11) is 1.52. The van der Waals surface area contributed by atoms with Crippen LogP contribution in [-0.4, -0.2) is 18.1 Å². The highest BCUT2D eigenvalue weighted by molar-refractivity contribution is 5.92. The first-order valence-corrected chi connectivity index (χ1v) is 7.12. The molecule has 0 heterocycles. The number of nitrogens with one attached hydrogen (secondary N) is 1. The molecule has 0 saturated carbocycles. The van der Waals surface area contributed by atoms with Crippen molar-refractivity contribution in [3.05, 3.63) is 65.5 Å². The van der Waals surface area contributed by atoms with Crippen LogP contribution in [0.15, 0.2) is 48.5 Å². The lowest BCUT2D eigenvalue weighted by Crippen LogP contribution is -2.10. The van der Waals surface area contributed by atoms with E-state index in [2.05, 4.69) is 5.32 Å². The van der Waals surface area contributed by atoms with Gasteiger partial charge in [0.05, 0.1) is 13.7 Å². The second-order valence-electron chi connectivity index (χ2n) is 4.89. The number of hydrogen-bond acceptors (Lipinski definition) is 3. The Labute approximate surface area is 134 Å². The molecule has 23 heavy (non-hydrogen) atoms. The summed E-state index contributed by atoms with van der Waals surface area (Å²) in [5, 5.41) is 12.0. The smallest absolute Gasteiger partial charge is 0.228 e. The molecular weight excluding hydrogens is 297 g/mol. The van der Waals surface area contributed by atoms with E-state index in [1.165, 1.54) is 19.2 Å². The average Bonchev–Trinajstić information content (AvgIpc) is 2.56. The summed E-state index contributed by atoms with van der Waals surface area (Å²) >= 11 is 0. The molecule has 0 saturated heterocycles. The van der Waals surface area contributed by atoms with Gasteiger partial charge >= 0.3 is 0 Å². The molecule has 2 N–H and O–H groups in total. The molecule has 0 unspecified atom stereocenters. The molecule has 0 aliphatic carbocycles. The zero-order valence-corrected chi connectivity index (χ0v) is 12.8. The first-order valence-electron chi connectivity index (χ1n) is 7.12. The summed E-state index contributed by atoms with van der Waals surface area (Å²) in [6.45, 7) is -0.169. The van der Waals surface area contributed by atoms with Gasteiger partial charge in [-0.1, -0.05) is 24.3 Å². The van der Waals surface area contributed by atoms with Crippen LogP contribution in [0.1, 0.15) is 17.5 Å². The maximum Gasteiger partial charge on any atom is 0.228 e. The Balaban J connectivity index is 1.93. The van der Waals surface area contributed by atoms with Gasteiger partial charge in [0, 0.05) is 17.7 Å². The molecule has 0 fully saturated rings. The van der Waals surface area contributed by atoms with E-state index in [1.807, 2.05) is 0 Å². The highest BCUT2D eigenvalue weighted by Gasteiger charge is 2.05. The van der Waals surface area contributed by atoms with Gasteiger partial charge in [-0.3, -0.25) is 4.79 Å². The van der Waals surface area contributed by atoms with Gasteiger partial charge in [-0.2, -0.15) is 0 Å². The molecule has 0 spiro atoms. The summed E-state index contributed by atoms with van der Waals surface area (Å²) in [4.78, 5) is 11.9. The quantitative estimate of drug-likeness (QED) is 0.859. The molecule has 4 nitrogen and oxygen atoms in total. The van der Waals surface area contributed by atoms with Crippen LogP contribution in [-0.2, 0) is 11.4 Å². The molecule has 120 valence electrons. The molecule has 2 aromatic carbocycles. The van der Waals surface area contributed by atoms with Gasteiger partial charge < -0.3 is 15.2 Å². The molecule has 0 aliphatic heterocycles. The maximum atomic E-state index is 12.8. The van der Waals surface area contributed by atoms with Crippen LogP contribution in [0.4, 0.5) is 10.1 Å². The lowest BCUT2D eigenvalue weighted by Gasteiger charge is -2.09. The fourth-order valence-electron chi connectivity index (χ4n) is 2.07. The van der Waals surface area contributed by atoms with Crippen molar-refractivity contribution < 1.29 is 19.0 Å². The number of aliphatic hydroxyl groups is 1. The largest absolute Gasteiger partial charge is 0.496 e. The third-order valence-corrected chi connectivity index (χ3v) is 3.22. The van der Waals surface area contributed by atoms with Gasteiger partial charge in [0.15, 0.2) is 0 Å². The van der Waals surface area contributed by atoms with E-state index >= 15 is 0 Å². The predicted molar refractivity (Wildman–Crippen MR) is 87.6 cm³/mol. The van der Waals surface area contributed by atoms with Crippen molar-refractivity contribution in [2.24, 2.45) is 0 Å². The lowest BCUT2D eigenvalue weighted by atomic mass is 10.1. The van der Waals surface area contributed by atoms with E-state index in [1.54, 1.807) is 42.5 Å². The summed E-state index contributed by atoms with van der Waals surface area (Å²) in [6.07, 6.45) is 3.66. The van der Waals surface area contributed by atoms with E-state index in [0.717, 1.165) is 5.56 Å². The number of anilines is 1. The summed E-state index contributed by atoms with van der Waals surface area (Å²) in [6, 6.07) is 11.1.